The fraction of sp³-hybridized carbons (Fsp3) is 0.0500. The molecule has 0 atom stereocenters. The zero-order valence-electron chi connectivity index (χ0n) is 14.8. The topological polar surface area (TPSA) is 98.6 Å². The van der Waals surface area contributed by atoms with E-state index in [-0.39, 0.29) is 11.4 Å². The van der Waals surface area contributed by atoms with Gasteiger partial charge in [0.25, 0.3) is 0 Å². The van der Waals surface area contributed by atoms with Crippen LogP contribution in [0.2, 0.25) is 0 Å². The van der Waals surface area contributed by atoms with Crippen LogP contribution in [0.25, 0.3) is 0 Å². The molecule has 0 aliphatic heterocycles. The molecule has 0 saturated heterocycles. The Bertz CT molecular complexity index is 1070. The second-order valence-electron chi connectivity index (χ2n) is 5.83. The number of para-hydroxylation sites is 1. The molecular formula is C20H15N3O4Ru. The summed E-state index contributed by atoms with van der Waals surface area (Å²) in [5.41, 5.74) is 2.43. The van der Waals surface area contributed by atoms with Gasteiger partial charge >= 0.3 is 169 Å². The van der Waals surface area contributed by atoms with E-state index in [1.165, 1.54) is 18.2 Å². The summed E-state index contributed by atoms with van der Waals surface area (Å²) in [5, 5.41) is 22.4. The number of hydrogen-bond donors (Lipinski definition) is 0. The molecule has 0 aliphatic carbocycles. The van der Waals surface area contributed by atoms with Gasteiger partial charge in [0, 0.05) is 0 Å². The Morgan fingerprint density at radius 3 is 2.29 bits per heavy atom. The van der Waals surface area contributed by atoms with Gasteiger partial charge in [-0.25, -0.2) is 0 Å². The summed E-state index contributed by atoms with van der Waals surface area (Å²) in [6.45, 7) is 1.97. The van der Waals surface area contributed by atoms with Crippen LogP contribution in [-0.4, -0.2) is 16.1 Å². The third kappa shape index (κ3) is 4.72. The molecule has 0 unspecified atom stereocenters. The van der Waals surface area contributed by atoms with Crippen LogP contribution in [0.5, 0.6) is 0 Å². The fourth-order valence-corrected chi connectivity index (χ4v) is 4.48. The summed E-state index contributed by atoms with van der Waals surface area (Å²) in [4.78, 5) is 26.0. The monoisotopic (exact) mass is 463 g/mol. The van der Waals surface area contributed by atoms with Gasteiger partial charge in [0.15, 0.2) is 0 Å². The number of aliphatic imine (C=N–C) groups is 1. The molecule has 7 nitrogen and oxygen atoms in total. The first-order valence-corrected chi connectivity index (χ1v) is 9.93. The summed E-state index contributed by atoms with van der Waals surface area (Å²) in [7, 11) is 0. The van der Waals surface area contributed by atoms with E-state index in [0.717, 1.165) is 15.4 Å². The van der Waals surface area contributed by atoms with Crippen LogP contribution in [0, 0.1) is 27.2 Å². The molecule has 0 bridgehead atoms. The predicted molar refractivity (Wildman–Crippen MR) is 104 cm³/mol. The van der Waals surface area contributed by atoms with Crippen molar-refractivity contribution in [2.45, 2.75) is 6.92 Å². The summed E-state index contributed by atoms with van der Waals surface area (Å²) in [6, 6.07) is 18.7. The first-order valence-electron chi connectivity index (χ1n) is 8.19. The molecule has 0 saturated carbocycles. The zero-order valence-corrected chi connectivity index (χ0v) is 16.5. The van der Waals surface area contributed by atoms with Crippen molar-refractivity contribution in [2.24, 2.45) is 4.99 Å². The summed E-state index contributed by atoms with van der Waals surface area (Å²) < 4.78 is 1.43. The van der Waals surface area contributed by atoms with Crippen molar-refractivity contribution >= 4 is 31.6 Å². The van der Waals surface area contributed by atoms with E-state index in [1.807, 2.05) is 31.2 Å². The van der Waals surface area contributed by atoms with Crippen LogP contribution >= 0.6 is 0 Å². The Kier molecular flexibility index (Phi) is 6.01. The second-order valence-corrected chi connectivity index (χ2v) is 8.13. The molecule has 0 radical (unpaired) electrons. The van der Waals surface area contributed by atoms with Crippen LogP contribution in [0.15, 0.2) is 71.7 Å². The molecule has 8 heteroatoms. The summed E-state index contributed by atoms with van der Waals surface area (Å²) >= 11 is -0.707. The van der Waals surface area contributed by atoms with Crippen LogP contribution in [0.1, 0.15) is 11.1 Å². The third-order valence-corrected chi connectivity index (χ3v) is 6.26. The number of aryl methyl sites for hydroxylation is 1. The Balaban J connectivity index is 2.00. The van der Waals surface area contributed by atoms with Gasteiger partial charge in [-0.1, -0.05) is 0 Å². The molecule has 3 aromatic carbocycles. The van der Waals surface area contributed by atoms with Crippen molar-refractivity contribution < 1.29 is 27.0 Å². The third-order valence-electron chi connectivity index (χ3n) is 3.80. The van der Waals surface area contributed by atoms with E-state index < -0.39 is 27.0 Å². The van der Waals surface area contributed by atoms with Gasteiger partial charge in [0.05, 0.1) is 0 Å². The SMILES string of the molecule is Cc1ccc(N=Cc2cc([N+](=O)[O-])cc[c]2[Ru][c]2ccccc2[N+](=O)[O-])cc1. The maximum absolute atomic E-state index is 11.3. The van der Waals surface area contributed by atoms with Crippen LogP contribution in [0.3, 0.4) is 0 Å². The van der Waals surface area contributed by atoms with Crippen LogP contribution in [-0.2, 0) is 17.1 Å². The van der Waals surface area contributed by atoms with Gasteiger partial charge < -0.3 is 0 Å². The minimum atomic E-state index is -0.707. The number of non-ortho nitro benzene ring substituents is 1. The van der Waals surface area contributed by atoms with Crippen molar-refractivity contribution in [3.05, 3.63) is 98.1 Å². The predicted octanol–water partition coefficient (Wildman–Crippen LogP) is 3.60. The molecule has 0 aromatic heterocycles. The van der Waals surface area contributed by atoms with E-state index >= 15 is 0 Å². The average Bonchev–Trinajstić information content (AvgIpc) is 2.68. The number of nitrogens with zero attached hydrogens (tertiary/aromatic N) is 3. The maximum atomic E-state index is 11.3. The molecule has 0 N–H and O–H groups in total. The number of rotatable bonds is 6. The van der Waals surface area contributed by atoms with Crippen molar-refractivity contribution in [3.8, 4) is 0 Å². The van der Waals surface area contributed by atoms with Gasteiger partial charge in [0.2, 0.25) is 0 Å². The molecule has 0 heterocycles. The van der Waals surface area contributed by atoms with Gasteiger partial charge in [-0.05, 0) is 0 Å². The summed E-state index contributed by atoms with van der Waals surface area (Å²) in [6.07, 6.45) is 1.58. The number of nitro benzene ring substituents is 2. The Labute approximate surface area is 168 Å². The number of benzene rings is 3. The van der Waals surface area contributed by atoms with Crippen molar-refractivity contribution in [1.82, 2.24) is 0 Å². The Morgan fingerprint density at radius 2 is 1.61 bits per heavy atom. The zero-order chi connectivity index (χ0) is 20.1. The van der Waals surface area contributed by atoms with E-state index in [0.29, 0.717) is 9.72 Å². The van der Waals surface area contributed by atoms with Crippen molar-refractivity contribution in [1.29, 1.82) is 0 Å². The molecule has 3 aromatic rings. The van der Waals surface area contributed by atoms with E-state index in [1.54, 1.807) is 30.5 Å². The minimum absolute atomic E-state index is 0.0442. The first-order chi connectivity index (χ1) is 13.4. The average molecular weight is 462 g/mol. The van der Waals surface area contributed by atoms with E-state index in [9.17, 15) is 20.2 Å². The van der Waals surface area contributed by atoms with Gasteiger partial charge in [0.1, 0.15) is 0 Å². The first kappa shape index (κ1) is 19.5. The van der Waals surface area contributed by atoms with Gasteiger partial charge in [-0.3, -0.25) is 0 Å². The number of hydrogen-bond acceptors (Lipinski definition) is 5. The Morgan fingerprint density at radius 1 is 0.893 bits per heavy atom. The molecule has 0 fully saturated rings. The van der Waals surface area contributed by atoms with Crippen molar-refractivity contribution in [2.75, 3.05) is 0 Å². The standard InChI is InChI=1S/C14H11N2O2.C6H4NO2.Ru/c1-11-5-7-13(8-6-11)15-10-12-3-2-4-14(9-12)16(17)18;8-7(9)6-4-2-1-3-5-6;/h2,4-10H,1H3;1-4H;. The van der Waals surface area contributed by atoms with Crippen LogP contribution < -0.4 is 8.32 Å². The fourth-order valence-electron chi connectivity index (χ4n) is 2.36. The molecule has 28 heavy (non-hydrogen) atoms. The van der Waals surface area contributed by atoms with E-state index in [2.05, 4.69) is 4.99 Å². The number of nitro groups is 2. The van der Waals surface area contributed by atoms with Crippen molar-refractivity contribution in [3.63, 3.8) is 0 Å². The molecule has 142 valence electrons. The normalized spacial score (nSPS) is 11.0. The summed E-state index contributed by atoms with van der Waals surface area (Å²) in [5.74, 6) is 0. The molecular weight excluding hydrogens is 447 g/mol. The molecule has 0 amide bonds. The Hall–Kier alpha value is -3.25. The van der Waals surface area contributed by atoms with Crippen LogP contribution in [0.4, 0.5) is 17.1 Å². The molecule has 0 spiro atoms. The quantitative estimate of drug-likeness (QED) is 0.242. The molecule has 0 aliphatic rings. The molecule has 3 rings (SSSR count). The van der Waals surface area contributed by atoms with Gasteiger partial charge in [-0.15, -0.1) is 0 Å². The van der Waals surface area contributed by atoms with Gasteiger partial charge in [-0.2, -0.15) is 0 Å². The van der Waals surface area contributed by atoms with E-state index in [4.69, 9.17) is 0 Å². The second kappa shape index (κ2) is 8.63.